The molecule has 0 bridgehead atoms. The fourth-order valence-electron chi connectivity index (χ4n) is 0.874. The Labute approximate surface area is 87.2 Å². The molecule has 1 rings (SSSR count). The lowest BCUT2D eigenvalue weighted by molar-refractivity contribution is 0.0981. The first-order valence-corrected chi connectivity index (χ1v) is 5.90. The quantitative estimate of drug-likeness (QED) is 0.840. The van der Waals surface area contributed by atoms with E-state index in [1.807, 2.05) is 4.72 Å². The number of halogens is 1. The number of carbonyl (C=O) groups excluding carboxylic acids is 1. The Hall–Kier alpha value is -1.43. The second-order valence-corrected chi connectivity index (χ2v) is 4.85. The van der Waals surface area contributed by atoms with E-state index in [-0.39, 0.29) is 11.3 Å². The Morgan fingerprint density at radius 3 is 2.33 bits per heavy atom. The van der Waals surface area contributed by atoms with Crippen LogP contribution in [0.1, 0.15) is 17.3 Å². The van der Waals surface area contributed by atoms with Gasteiger partial charge in [0.05, 0.1) is 5.75 Å². The van der Waals surface area contributed by atoms with Gasteiger partial charge in [-0.25, -0.2) is 17.5 Å². The summed E-state index contributed by atoms with van der Waals surface area (Å²) in [6, 6.07) is 4.62. The number of nitrogens with one attached hydrogen (secondary N) is 1. The molecular weight excluding hydrogens is 221 g/mol. The lowest BCUT2D eigenvalue weighted by atomic mass is 10.2. The molecule has 0 aliphatic rings. The summed E-state index contributed by atoms with van der Waals surface area (Å²) < 4.78 is 36.4. The van der Waals surface area contributed by atoms with E-state index in [1.165, 1.54) is 19.1 Å². The predicted molar refractivity (Wildman–Crippen MR) is 53.3 cm³/mol. The molecule has 0 spiro atoms. The van der Waals surface area contributed by atoms with Crippen molar-refractivity contribution in [1.29, 1.82) is 0 Å². The van der Waals surface area contributed by atoms with Crippen LogP contribution in [0.15, 0.2) is 24.3 Å². The van der Waals surface area contributed by atoms with Crippen molar-refractivity contribution in [3.63, 3.8) is 0 Å². The highest BCUT2D eigenvalue weighted by atomic mass is 32.2. The number of rotatable bonds is 3. The molecule has 1 amide bonds. The van der Waals surface area contributed by atoms with Crippen molar-refractivity contribution in [3.05, 3.63) is 35.6 Å². The monoisotopic (exact) mass is 231 g/mol. The average Bonchev–Trinajstić information content (AvgIpc) is 2.18. The van der Waals surface area contributed by atoms with Crippen LogP contribution in [-0.4, -0.2) is 20.1 Å². The van der Waals surface area contributed by atoms with Gasteiger partial charge in [0, 0.05) is 5.56 Å². The van der Waals surface area contributed by atoms with E-state index in [1.54, 1.807) is 0 Å². The van der Waals surface area contributed by atoms with E-state index in [4.69, 9.17) is 0 Å². The summed E-state index contributed by atoms with van der Waals surface area (Å²) >= 11 is 0. The van der Waals surface area contributed by atoms with Gasteiger partial charge in [-0.05, 0) is 31.2 Å². The van der Waals surface area contributed by atoms with Crippen molar-refractivity contribution < 1.29 is 17.6 Å². The second-order valence-electron chi connectivity index (χ2n) is 2.84. The van der Waals surface area contributed by atoms with Crippen LogP contribution in [0.3, 0.4) is 0 Å². The first kappa shape index (κ1) is 11.6. The first-order chi connectivity index (χ1) is 6.94. The Kier molecular flexibility index (Phi) is 3.41. The Balaban J connectivity index is 2.83. The molecule has 4 nitrogen and oxygen atoms in total. The molecule has 82 valence electrons. The van der Waals surface area contributed by atoms with Gasteiger partial charge in [-0.1, -0.05) is 0 Å². The van der Waals surface area contributed by atoms with Crippen LogP contribution in [0, 0.1) is 5.82 Å². The van der Waals surface area contributed by atoms with E-state index >= 15 is 0 Å². The molecule has 0 heterocycles. The molecule has 0 radical (unpaired) electrons. The van der Waals surface area contributed by atoms with Crippen molar-refractivity contribution >= 4 is 15.9 Å². The van der Waals surface area contributed by atoms with Crippen LogP contribution in [-0.2, 0) is 10.0 Å². The lowest BCUT2D eigenvalue weighted by Crippen LogP contribution is -2.31. The first-order valence-electron chi connectivity index (χ1n) is 4.25. The topological polar surface area (TPSA) is 63.2 Å². The molecule has 0 atom stereocenters. The maximum atomic E-state index is 12.5. The highest BCUT2D eigenvalue weighted by Gasteiger charge is 2.13. The van der Waals surface area contributed by atoms with Gasteiger partial charge in [-0.15, -0.1) is 0 Å². The van der Waals surface area contributed by atoms with Crippen molar-refractivity contribution in [1.82, 2.24) is 4.72 Å². The number of hydrogen-bond acceptors (Lipinski definition) is 3. The van der Waals surface area contributed by atoms with Gasteiger partial charge < -0.3 is 0 Å². The Bertz CT molecular complexity index is 453. The van der Waals surface area contributed by atoms with Crippen LogP contribution >= 0.6 is 0 Å². The van der Waals surface area contributed by atoms with E-state index in [0.29, 0.717) is 0 Å². The molecule has 0 fully saturated rings. The minimum atomic E-state index is -3.57. The molecule has 0 aliphatic carbocycles. The van der Waals surface area contributed by atoms with Crippen LogP contribution < -0.4 is 4.72 Å². The summed E-state index contributed by atoms with van der Waals surface area (Å²) in [6.45, 7) is 1.42. The minimum absolute atomic E-state index is 0.105. The molecule has 6 heteroatoms. The van der Waals surface area contributed by atoms with Crippen molar-refractivity contribution in [2.24, 2.45) is 0 Å². The van der Waals surface area contributed by atoms with Gasteiger partial charge in [-0.2, -0.15) is 0 Å². The van der Waals surface area contributed by atoms with Gasteiger partial charge in [0.1, 0.15) is 5.82 Å². The zero-order chi connectivity index (χ0) is 11.5. The summed E-state index contributed by atoms with van der Waals surface area (Å²) in [5, 5.41) is 0. The molecule has 1 N–H and O–H groups in total. The zero-order valence-corrected chi connectivity index (χ0v) is 8.84. The fraction of sp³-hybridized carbons (Fsp3) is 0.222. The third kappa shape index (κ3) is 3.32. The molecule has 0 unspecified atom stereocenters. The van der Waals surface area contributed by atoms with Gasteiger partial charge in [-0.3, -0.25) is 4.79 Å². The van der Waals surface area contributed by atoms with Crippen LogP contribution in [0.5, 0.6) is 0 Å². The smallest absolute Gasteiger partial charge is 0.264 e. The SMILES string of the molecule is CCS(=O)(=O)NC(=O)c1ccc(F)cc1. The standard InChI is InChI=1S/C9H10FNO3S/c1-2-15(13,14)11-9(12)7-3-5-8(10)6-4-7/h3-6H,2H2,1H3,(H,11,12). The maximum absolute atomic E-state index is 12.5. The summed E-state index contributed by atoms with van der Waals surface area (Å²) in [5.74, 6) is -1.42. The van der Waals surface area contributed by atoms with Gasteiger partial charge in [0.15, 0.2) is 0 Å². The number of carbonyl (C=O) groups is 1. The van der Waals surface area contributed by atoms with Crippen LogP contribution in [0.25, 0.3) is 0 Å². The largest absolute Gasteiger partial charge is 0.268 e. The fourth-order valence-corrected chi connectivity index (χ4v) is 1.42. The predicted octanol–water partition coefficient (Wildman–Crippen LogP) is 0.905. The molecule has 15 heavy (non-hydrogen) atoms. The summed E-state index contributed by atoms with van der Waals surface area (Å²) in [5.41, 5.74) is 0.105. The molecule has 0 saturated carbocycles. The molecule has 0 aromatic heterocycles. The van der Waals surface area contributed by atoms with Gasteiger partial charge in [0.2, 0.25) is 10.0 Å². The zero-order valence-electron chi connectivity index (χ0n) is 8.03. The maximum Gasteiger partial charge on any atom is 0.264 e. The van der Waals surface area contributed by atoms with Gasteiger partial charge >= 0.3 is 0 Å². The van der Waals surface area contributed by atoms with Crippen molar-refractivity contribution in [2.45, 2.75) is 6.92 Å². The average molecular weight is 231 g/mol. The second kappa shape index (κ2) is 4.39. The normalized spacial score (nSPS) is 11.1. The van der Waals surface area contributed by atoms with E-state index in [2.05, 4.69) is 0 Å². The number of amides is 1. The Morgan fingerprint density at radius 1 is 1.33 bits per heavy atom. The highest BCUT2D eigenvalue weighted by molar-refractivity contribution is 7.90. The summed E-state index contributed by atoms with van der Waals surface area (Å²) in [6.07, 6.45) is 0. The molecule has 1 aromatic carbocycles. The van der Waals surface area contributed by atoms with Crippen LogP contribution in [0.4, 0.5) is 4.39 Å². The number of sulfonamides is 1. The van der Waals surface area contributed by atoms with Gasteiger partial charge in [0.25, 0.3) is 5.91 Å². The molecule has 0 aliphatic heterocycles. The van der Waals surface area contributed by atoms with Crippen molar-refractivity contribution in [2.75, 3.05) is 5.75 Å². The van der Waals surface area contributed by atoms with E-state index in [9.17, 15) is 17.6 Å². The Morgan fingerprint density at radius 2 is 1.87 bits per heavy atom. The third-order valence-corrected chi connectivity index (χ3v) is 2.99. The van der Waals surface area contributed by atoms with Crippen molar-refractivity contribution in [3.8, 4) is 0 Å². The van der Waals surface area contributed by atoms with E-state index < -0.39 is 21.7 Å². The number of benzene rings is 1. The third-order valence-electron chi connectivity index (χ3n) is 1.73. The minimum Gasteiger partial charge on any atom is -0.268 e. The molecular formula is C9H10FNO3S. The number of hydrogen-bond donors (Lipinski definition) is 1. The summed E-state index contributed by atoms with van der Waals surface area (Å²) in [7, 11) is -3.57. The highest BCUT2D eigenvalue weighted by Crippen LogP contribution is 2.03. The van der Waals surface area contributed by atoms with Crippen LogP contribution in [0.2, 0.25) is 0 Å². The summed E-state index contributed by atoms with van der Waals surface area (Å²) in [4.78, 5) is 11.3. The molecule has 0 saturated heterocycles. The molecule has 1 aromatic rings. The van der Waals surface area contributed by atoms with E-state index in [0.717, 1.165) is 12.1 Å². The lowest BCUT2D eigenvalue weighted by Gasteiger charge is -2.03.